The minimum absolute atomic E-state index is 0.368. The Morgan fingerprint density at radius 2 is 2.00 bits per heavy atom. The van der Waals surface area contributed by atoms with E-state index >= 15 is 0 Å². The average Bonchev–Trinajstić information content (AvgIpc) is 3.28. The van der Waals surface area contributed by atoms with Crippen LogP contribution in [0.15, 0.2) is 61.1 Å². The number of hydrogen-bond donors (Lipinski definition) is 1. The maximum absolute atomic E-state index is 5.48. The molecule has 1 aliphatic rings. The van der Waals surface area contributed by atoms with Crippen LogP contribution in [0.4, 0.5) is 11.5 Å². The highest BCUT2D eigenvalue weighted by Crippen LogP contribution is 2.26. The summed E-state index contributed by atoms with van der Waals surface area (Å²) in [5.74, 6) is 2.24. The van der Waals surface area contributed by atoms with Gasteiger partial charge in [-0.1, -0.05) is 18.2 Å². The Labute approximate surface area is 135 Å². The van der Waals surface area contributed by atoms with E-state index in [2.05, 4.69) is 25.9 Å². The van der Waals surface area contributed by atoms with Crippen LogP contribution in [-0.2, 0) is 4.74 Å². The molecule has 0 saturated carbocycles. The van der Waals surface area contributed by atoms with Gasteiger partial charge in [-0.3, -0.25) is 0 Å². The van der Waals surface area contributed by atoms with Gasteiger partial charge >= 0.3 is 0 Å². The molecule has 1 aromatic carbocycles. The summed E-state index contributed by atoms with van der Waals surface area (Å²) in [6, 6.07) is 14.1. The highest BCUT2D eigenvalue weighted by atomic mass is 16.5. The van der Waals surface area contributed by atoms with Crippen molar-refractivity contribution in [2.75, 3.05) is 18.5 Å². The lowest BCUT2D eigenvalue weighted by molar-refractivity contribution is 0.193. The summed E-state index contributed by atoms with van der Waals surface area (Å²) < 4.78 is 7.57. The molecule has 1 aliphatic heterocycles. The van der Waals surface area contributed by atoms with E-state index in [0.717, 1.165) is 42.7 Å². The molecule has 1 N–H and O–H groups in total. The van der Waals surface area contributed by atoms with Gasteiger partial charge in [0.05, 0.1) is 18.5 Å². The maximum Gasteiger partial charge on any atom is 0.130 e. The Hall–Kier alpha value is -2.66. The van der Waals surface area contributed by atoms with Crippen LogP contribution in [-0.4, -0.2) is 27.7 Å². The second-order valence-electron chi connectivity index (χ2n) is 5.61. The van der Waals surface area contributed by atoms with Gasteiger partial charge in [-0.2, -0.15) is 0 Å². The number of rotatable bonds is 4. The van der Waals surface area contributed by atoms with Crippen molar-refractivity contribution >= 4 is 11.5 Å². The molecule has 0 bridgehead atoms. The topological polar surface area (TPSA) is 52.0 Å². The first-order chi connectivity index (χ1) is 11.4. The fourth-order valence-corrected chi connectivity index (χ4v) is 2.85. The normalized spacial score (nSPS) is 17.3. The summed E-state index contributed by atoms with van der Waals surface area (Å²) in [4.78, 5) is 9.01. The zero-order valence-corrected chi connectivity index (χ0v) is 12.7. The molecule has 0 aliphatic carbocycles. The first kappa shape index (κ1) is 14.0. The SMILES string of the molecule is c1ccc(Nc2ccc(-n3ccnc3C3CCOC3)cn2)cc1. The van der Waals surface area contributed by atoms with E-state index in [-0.39, 0.29) is 0 Å². The van der Waals surface area contributed by atoms with Crippen molar-refractivity contribution in [3.8, 4) is 5.69 Å². The smallest absolute Gasteiger partial charge is 0.130 e. The minimum Gasteiger partial charge on any atom is -0.381 e. The van der Waals surface area contributed by atoms with Gasteiger partial charge in [-0.15, -0.1) is 0 Å². The number of nitrogens with one attached hydrogen (secondary N) is 1. The summed E-state index contributed by atoms with van der Waals surface area (Å²) in [5.41, 5.74) is 2.04. The van der Waals surface area contributed by atoms with Crippen molar-refractivity contribution in [2.24, 2.45) is 0 Å². The average molecular weight is 306 g/mol. The number of para-hydroxylation sites is 1. The lowest BCUT2D eigenvalue weighted by atomic mass is 10.1. The van der Waals surface area contributed by atoms with Gasteiger partial charge < -0.3 is 14.6 Å². The minimum atomic E-state index is 0.368. The second kappa shape index (κ2) is 6.22. The Morgan fingerprint density at radius 3 is 2.74 bits per heavy atom. The van der Waals surface area contributed by atoms with Crippen molar-refractivity contribution in [2.45, 2.75) is 12.3 Å². The fraction of sp³-hybridized carbons (Fsp3) is 0.222. The van der Waals surface area contributed by atoms with Crippen molar-refractivity contribution in [1.29, 1.82) is 0 Å². The molecular weight excluding hydrogens is 288 g/mol. The van der Waals surface area contributed by atoms with E-state index in [1.54, 1.807) is 0 Å². The highest BCUT2D eigenvalue weighted by molar-refractivity contribution is 5.56. The van der Waals surface area contributed by atoms with Crippen LogP contribution in [0.1, 0.15) is 18.2 Å². The van der Waals surface area contributed by atoms with Gasteiger partial charge in [-0.05, 0) is 30.7 Å². The molecule has 116 valence electrons. The van der Waals surface area contributed by atoms with E-state index < -0.39 is 0 Å². The maximum atomic E-state index is 5.48. The number of aromatic nitrogens is 3. The summed E-state index contributed by atoms with van der Waals surface area (Å²) in [5, 5.41) is 3.29. The molecule has 2 aromatic heterocycles. The number of pyridine rings is 1. The zero-order chi connectivity index (χ0) is 15.5. The lowest BCUT2D eigenvalue weighted by Gasteiger charge is -2.12. The van der Waals surface area contributed by atoms with Crippen molar-refractivity contribution in [1.82, 2.24) is 14.5 Å². The fourth-order valence-electron chi connectivity index (χ4n) is 2.85. The van der Waals surface area contributed by atoms with Crippen LogP contribution in [0.3, 0.4) is 0 Å². The quantitative estimate of drug-likeness (QED) is 0.801. The molecule has 1 atom stereocenters. The first-order valence-corrected chi connectivity index (χ1v) is 7.79. The van der Waals surface area contributed by atoms with Gasteiger partial charge in [0.2, 0.25) is 0 Å². The van der Waals surface area contributed by atoms with Crippen LogP contribution < -0.4 is 5.32 Å². The van der Waals surface area contributed by atoms with Gasteiger partial charge in [0.1, 0.15) is 11.6 Å². The number of anilines is 2. The summed E-state index contributed by atoms with van der Waals surface area (Å²) in [6.07, 6.45) is 6.71. The lowest BCUT2D eigenvalue weighted by Crippen LogP contribution is -2.07. The highest BCUT2D eigenvalue weighted by Gasteiger charge is 2.22. The van der Waals surface area contributed by atoms with E-state index in [9.17, 15) is 0 Å². The molecule has 1 saturated heterocycles. The van der Waals surface area contributed by atoms with E-state index in [4.69, 9.17) is 4.74 Å². The Balaban J connectivity index is 1.55. The third-order valence-electron chi connectivity index (χ3n) is 4.04. The number of nitrogens with zero attached hydrogens (tertiary/aromatic N) is 3. The van der Waals surface area contributed by atoms with Crippen LogP contribution in [0, 0.1) is 0 Å². The van der Waals surface area contributed by atoms with Gasteiger partial charge in [0.15, 0.2) is 0 Å². The van der Waals surface area contributed by atoms with E-state index in [0.29, 0.717) is 5.92 Å². The van der Waals surface area contributed by atoms with Crippen LogP contribution in [0.2, 0.25) is 0 Å². The van der Waals surface area contributed by atoms with Crippen LogP contribution in [0.5, 0.6) is 0 Å². The van der Waals surface area contributed by atoms with Crippen molar-refractivity contribution < 1.29 is 4.74 Å². The molecule has 0 amide bonds. The largest absolute Gasteiger partial charge is 0.381 e. The Bertz CT molecular complexity index is 761. The monoisotopic (exact) mass is 306 g/mol. The Morgan fingerprint density at radius 1 is 1.09 bits per heavy atom. The summed E-state index contributed by atoms with van der Waals surface area (Å²) in [7, 11) is 0. The van der Waals surface area contributed by atoms with Crippen molar-refractivity contribution in [3.05, 3.63) is 66.9 Å². The predicted molar refractivity (Wildman–Crippen MR) is 89.3 cm³/mol. The molecular formula is C18H18N4O. The Kier molecular flexibility index (Phi) is 3.78. The van der Waals surface area contributed by atoms with Crippen molar-refractivity contribution in [3.63, 3.8) is 0 Å². The number of imidazole rings is 1. The number of benzene rings is 1. The molecule has 1 unspecified atom stereocenters. The summed E-state index contributed by atoms with van der Waals surface area (Å²) >= 11 is 0. The molecule has 0 radical (unpaired) electrons. The zero-order valence-electron chi connectivity index (χ0n) is 12.7. The molecule has 1 fully saturated rings. The standard InChI is InChI=1S/C18H18N4O/c1-2-4-15(5-3-1)21-17-7-6-16(12-20-17)22-10-9-19-18(22)14-8-11-23-13-14/h1-7,9-10,12,14H,8,11,13H2,(H,20,21). The van der Waals surface area contributed by atoms with Crippen LogP contribution in [0.25, 0.3) is 5.69 Å². The predicted octanol–water partition coefficient (Wildman–Crippen LogP) is 3.51. The first-order valence-electron chi connectivity index (χ1n) is 7.79. The molecule has 3 heterocycles. The molecule has 5 nitrogen and oxygen atoms in total. The van der Waals surface area contributed by atoms with Gasteiger partial charge in [0, 0.05) is 30.6 Å². The number of hydrogen-bond acceptors (Lipinski definition) is 4. The van der Waals surface area contributed by atoms with E-state index in [1.807, 2.05) is 55.0 Å². The van der Waals surface area contributed by atoms with E-state index in [1.165, 1.54) is 0 Å². The molecule has 3 aromatic rings. The molecule has 0 spiro atoms. The molecule has 5 heteroatoms. The number of ether oxygens (including phenoxy) is 1. The third kappa shape index (κ3) is 2.96. The third-order valence-corrected chi connectivity index (χ3v) is 4.04. The molecule has 4 rings (SSSR count). The van der Waals surface area contributed by atoms with Gasteiger partial charge in [-0.25, -0.2) is 9.97 Å². The second-order valence-corrected chi connectivity index (χ2v) is 5.61. The molecule has 23 heavy (non-hydrogen) atoms. The summed E-state index contributed by atoms with van der Waals surface area (Å²) in [6.45, 7) is 1.56. The van der Waals surface area contributed by atoms with Crippen LogP contribution >= 0.6 is 0 Å². The van der Waals surface area contributed by atoms with Gasteiger partial charge in [0.25, 0.3) is 0 Å².